The lowest BCUT2D eigenvalue weighted by Gasteiger charge is -2.33. The van der Waals surface area contributed by atoms with Crippen LogP contribution in [0, 0.1) is 0 Å². The van der Waals surface area contributed by atoms with Gasteiger partial charge in [0.1, 0.15) is 11.3 Å². The molecule has 2 aromatic rings. The van der Waals surface area contributed by atoms with Crippen LogP contribution in [0.2, 0.25) is 0 Å². The number of carbonyl (C=O) groups is 1. The van der Waals surface area contributed by atoms with Gasteiger partial charge in [0.2, 0.25) is 0 Å². The molecule has 11 heteroatoms. The van der Waals surface area contributed by atoms with Gasteiger partial charge in [0.15, 0.2) is 11.5 Å². The number of halogens is 3. The van der Waals surface area contributed by atoms with E-state index in [-0.39, 0.29) is 23.6 Å². The summed E-state index contributed by atoms with van der Waals surface area (Å²) in [6.07, 6.45) is 1.05. The highest BCUT2D eigenvalue weighted by Crippen LogP contribution is 2.43. The lowest BCUT2D eigenvalue weighted by Crippen LogP contribution is -2.32. The van der Waals surface area contributed by atoms with Crippen molar-refractivity contribution in [1.82, 2.24) is 4.90 Å². The van der Waals surface area contributed by atoms with Gasteiger partial charge in [-0.15, -0.1) is 0 Å². The zero-order chi connectivity index (χ0) is 20.3. The van der Waals surface area contributed by atoms with E-state index in [1.165, 1.54) is 11.1 Å². The van der Waals surface area contributed by atoms with E-state index in [0.717, 1.165) is 5.39 Å². The second-order valence-corrected chi connectivity index (χ2v) is 7.78. The topological polar surface area (TPSA) is 97.0 Å². The summed E-state index contributed by atoms with van der Waals surface area (Å²) in [5.41, 5.74) is -4.79. The summed E-state index contributed by atoms with van der Waals surface area (Å²) in [7, 11) is -5.98. The fourth-order valence-corrected chi connectivity index (χ4v) is 3.80. The molecule has 0 unspecified atom stereocenters. The summed E-state index contributed by atoms with van der Waals surface area (Å²) >= 11 is 0. The molecule has 1 aromatic heterocycles. The van der Waals surface area contributed by atoms with Gasteiger partial charge in [-0.25, -0.2) is 4.79 Å². The Kier molecular flexibility index (Phi) is 3.96. The highest BCUT2D eigenvalue weighted by Gasteiger charge is 2.50. The number of nitrogens with zero attached hydrogens (tertiary/aromatic N) is 1. The zero-order valence-corrected chi connectivity index (χ0v) is 14.8. The van der Waals surface area contributed by atoms with E-state index in [1.807, 2.05) is 0 Å². The second-order valence-electron chi connectivity index (χ2n) is 6.24. The molecule has 3 heterocycles. The van der Waals surface area contributed by atoms with E-state index >= 15 is 0 Å². The Morgan fingerprint density at radius 1 is 1.25 bits per heavy atom. The van der Waals surface area contributed by atoms with E-state index in [0.29, 0.717) is 17.6 Å². The van der Waals surface area contributed by atoms with Crippen LogP contribution in [0.25, 0.3) is 16.7 Å². The molecule has 0 saturated heterocycles. The molecular weight excluding hydrogens is 403 g/mol. The van der Waals surface area contributed by atoms with Crippen LogP contribution in [-0.2, 0) is 25.5 Å². The molecule has 148 valence electrons. The number of aliphatic carboxylic acids is 1. The van der Waals surface area contributed by atoms with E-state index in [1.54, 1.807) is 24.3 Å². The predicted octanol–water partition coefficient (Wildman–Crippen LogP) is 3.20. The highest BCUT2D eigenvalue weighted by molar-refractivity contribution is 7.87. The smallest absolute Gasteiger partial charge is 0.478 e. The van der Waals surface area contributed by atoms with Gasteiger partial charge in [-0.05, 0) is 12.5 Å². The maximum atomic E-state index is 12.8. The molecule has 4 rings (SSSR count). The molecule has 2 aliphatic rings. The fourth-order valence-electron chi connectivity index (χ4n) is 3.30. The number of carboxylic acids is 1. The lowest BCUT2D eigenvalue weighted by molar-refractivity contribution is -0.132. The highest BCUT2D eigenvalue weighted by atomic mass is 32.2. The Morgan fingerprint density at radius 2 is 1.96 bits per heavy atom. The zero-order valence-electron chi connectivity index (χ0n) is 14.0. The SMILES string of the molecule is O=C(O)C1=CN2CCc3c(oc4ccccc34)C2=C(OS(=O)(=O)C(F)(F)F)C1. The number of benzene rings is 1. The largest absolute Gasteiger partial charge is 0.534 e. The molecular formula is C17H12F3NO6S. The average molecular weight is 415 g/mol. The molecule has 0 bridgehead atoms. The number of para-hydroxylation sites is 1. The maximum Gasteiger partial charge on any atom is 0.534 e. The van der Waals surface area contributed by atoms with E-state index < -0.39 is 33.8 Å². The van der Waals surface area contributed by atoms with Crippen molar-refractivity contribution in [2.75, 3.05) is 6.54 Å². The lowest BCUT2D eigenvalue weighted by atomic mass is 9.96. The summed E-state index contributed by atoms with van der Waals surface area (Å²) in [6, 6.07) is 6.95. The van der Waals surface area contributed by atoms with Crippen molar-refractivity contribution >= 4 is 32.8 Å². The number of allylic oxidation sites excluding steroid dienone is 1. The third kappa shape index (κ3) is 2.82. The first-order valence-electron chi connectivity index (χ1n) is 8.04. The monoisotopic (exact) mass is 415 g/mol. The summed E-state index contributed by atoms with van der Waals surface area (Å²) in [5, 5.41) is 9.99. The van der Waals surface area contributed by atoms with Crippen LogP contribution < -0.4 is 0 Å². The number of furan rings is 1. The Hall–Kier alpha value is -2.95. The molecule has 0 atom stereocenters. The van der Waals surface area contributed by atoms with Crippen molar-refractivity contribution < 1.29 is 40.1 Å². The normalized spacial score (nSPS) is 17.2. The first-order chi connectivity index (χ1) is 13.1. The quantitative estimate of drug-likeness (QED) is 0.607. The van der Waals surface area contributed by atoms with Gasteiger partial charge in [0, 0.05) is 30.1 Å². The Labute approximate surface area is 156 Å². The molecule has 0 amide bonds. The maximum absolute atomic E-state index is 12.8. The van der Waals surface area contributed by atoms with Gasteiger partial charge in [0.05, 0.1) is 5.57 Å². The third-order valence-corrected chi connectivity index (χ3v) is 5.49. The summed E-state index contributed by atoms with van der Waals surface area (Å²) < 4.78 is 71.7. The molecule has 0 radical (unpaired) electrons. The number of hydrogen-bond donors (Lipinski definition) is 1. The van der Waals surface area contributed by atoms with Crippen molar-refractivity contribution in [1.29, 1.82) is 0 Å². The first kappa shape index (κ1) is 18.4. The van der Waals surface area contributed by atoms with Gasteiger partial charge >= 0.3 is 21.6 Å². The minimum atomic E-state index is -5.98. The summed E-state index contributed by atoms with van der Waals surface area (Å²) in [5.74, 6) is -1.86. The van der Waals surface area contributed by atoms with Crippen molar-refractivity contribution in [3.8, 4) is 0 Å². The minimum Gasteiger partial charge on any atom is -0.478 e. The van der Waals surface area contributed by atoms with Gasteiger partial charge in [-0.3, -0.25) is 0 Å². The van der Waals surface area contributed by atoms with E-state index in [9.17, 15) is 31.5 Å². The molecule has 0 fully saturated rings. The van der Waals surface area contributed by atoms with Gasteiger partial charge in [-0.2, -0.15) is 21.6 Å². The molecule has 0 aliphatic carbocycles. The molecule has 0 spiro atoms. The van der Waals surface area contributed by atoms with Gasteiger partial charge in [-0.1, -0.05) is 18.2 Å². The Balaban J connectivity index is 1.91. The standard InChI is InChI=1S/C17H12F3NO6S/c18-17(19,20)28(24,25)27-13-7-9(16(22)23)8-21-6-5-11-10-3-1-2-4-12(10)26-15(11)14(13)21/h1-4,8H,5-7H2,(H,22,23). The first-order valence-corrected chi connectivity index (χ1v) is 9.44. The van der Waals surface area contributed by atoms with Gasteiger partial charge in [0.25, 0.3) is 0 Å². The van der Waals surface area contributed by atoms with E-state index in [4.69, 9.17) is 4.42 Å². The average Bonchev–Trinajstić information content (AvgIpc) is 2.98. The molecule has 28 heavy (non-hydrogen) atoms. The third-order valence-electron chi connectivity index (χ3n) is 4.50. The molecule has 2 aliphatic heterocycles. The fraction of sp³-hybridized carbons (Fsp3) is 0.235. The van der Waals surface area contributed by atoms with Crippen LogP contribution in [0.4, 0.5) is 13.2 Å². The summed E-state index contributed by atoms with van der Waals surface area (Å²) in [6.45, 7) is 0.224. The number of fused-ring (bicyclic) bond motifs is 5. The molecule has 0 saturated carbocycles. The van der Waals surface area contributed by atoms with Crippen LogP contribution >= 0.6 is 0 Å². The van der Waals surface area contributed by atoms with Gasteiger partial charge < -0.3 is 18.6 Å². The Bertz CT molecular complexity index is 1160. The minimum absolute atomic E-state index is 0.0183. The van der Waals surface area contributed by atoms with E-state index in [2.05, 4.69) is 4.18 Å². The number of rotatable bonds is 3. The number of hydrogen-bond acceptors (Lipinski definition) is 6. The molecule has 7 nitrogen and oxygen atoms in total. The molecule has 1 N–H and O–H groups in total. The van der Waals surface area contributed by atoms with Crippen molar-refractivity contribution in [3.05, 3.63) is 53.1 Å². The van der Waals surface area contributed by atoms with Crippen LogP contribution in [0.15, 0.2) is 46.2 Å². The second kappa shape index (κ2) is 6.03. The van der Waals surface area contributed by atoms with Crippen molar-refractivity contribution in [2.24, 2.45) is 0 Å². The van der Waals surface area contributed by atoms with Crippen LogP contribution in [0.1, 0.15) is 17.7 Å². The van der Waals surface area contributed by atoms with Crippen molar-refractivity contribution in [3.63, 3.8) is 0 Å². The van der Waals surface area contributed by atoms with Crippen molar-refractivity contribution in [2.45, 2.75) is 18.3 Å². The summed E-state index contributed by atoms with van der Waals surface area (Å²) in [4.78, 5) is 12.7. The van der Waals surface area contributed by atoms with Crippen LogP contribution in [-0.4, -0.2) is 36.4 Å². The van der Waals surface area contributed by atoms with Crippen LogP contribution in [0.3, 0.4) is 0 Å². The Morgan fingerprint density at radius 3 is 2.64 bits per heavy atom. The number of carboxylic acid groups (broad SMARTS) is 1. The number of alkyl halides is 3. The molecule has 1 aromatic carbocycles. The predicted molar refractivity (Wildman–Crippen MR) is 89.9 cm³/mol. The van der Waals surface area contributed by atoms with Crippen LogP contribution in [0.5, 0.6) is 0 Å².